The summed E-state index contributed by atoms with van der Waals surface area (Å²) in [5.41, 5.74) is 13.3. The van der Waals surface area contributed by atoms with Gasteiger partial charge in [0.05, 0.1) is 11.4 Å². The molecule has 7 nitrogen and oxygen atoms in total. The van der Waals surface area contributed by atoms with Gasteiger partial charge in [-0.25, -0.2) is 9.97 Å². The molecule has 8 bridgehead atoms. The lowest BCUT2D eigenvalue weighted by molar-refractivity contribution is 0.0992. The smallest absolute Gasteiger partial charge is 0.299 e. The predicted molar refractivity (Wildman–Crippen MR) is 234 cm³/mol. The Hall–Kier alpha value is -7.90. The van der Waals surface area contributed by atoms with Gasteiger partial charge in [-0.1, -0.05) is 152 Å². The first-order valence-corrected chi connectivity index (χ1v) is 19.2. The van der Waals surface area contributed by atoms with Crippen LogP contribution in [0.2, 0.25) is 0 Å². The molecule has 0 unspecified atom stereocenters. The largest absolute Gasteiger partial charge is 0.471 e. The number of benzene rings is 5. The van der Waals surface area contributed by atoms with Gasteiger partial charge in [0.2, 0.25) is 5.90 Å². The fraction of sp³-hybridized carbons (Fsp3) is 0.0196. The number of H-pyrrole nitrogens is 2. The molecule has 5 heterocycles. The summed E-state index contributed by atoms with van der Waals surface area (Å²) in [5, 5.41) is 0. The Labute approximate surface area is 334 Å². The highest BCUT2D eigenvalue weighted by atomic mass is 16.5. The maximum Gasteiger partial charge on any atom is 0.299 e. The van der Waals surface area contributed by atoms with Crippen molar-refractivity contribution in [1.82, 2.24) is 19.9 Å². The van der Waals surface area contributed by atoms with Gasteiger partial charge in [-0.3, -0.25) is 4.79 Å². The van der Waals surface area contributed by atoms with Crippen molar-refractivity contribution in [1.29, 1.82) is 0 Å². The van der Waals surface area contributed by atoms with Gasteiger partial charge in [0.15, 0.2) is 0 Å². The predicted octanol–water partition coefficient (Wildman–Crippen LogP) is 12.0. The van der Waals surface area contributed by atoms with E-state index in [1.165, 1.54) is 0 Å². The molecule has 10 rings (SSSR count). The van der Waals surface area contributed by atoms with E-state index in [4.69, 9.17) is 19.7 Å². The summed E-state index contributed by atoms with van der Waals surface area (Å²) in [4.78, 5) is 37.4. The van der Waals surface area contributed by atoms with Crippen LogP contribution in [0.15, 0.2) is 181 Å². The van der Waals surface area contributed by atoms with E-state index in [0.29, 0.717) is 16.8 Å². The highest BCUT2D eigenvalue weighted by Gasteiger charge is 2.27. The van der Waals surface area contributed by atoms with E-state index in [1.54, 1.807) is 0 Å². The fourth-order valence-electron chi connectivity index (χ4n) is 7.71. The van der Waals surface area contributed by atoms with Crippen molar-refractivity contribution in [3.8, 4) is 44.5 Å². The van der Waals surface area contributed by atoms with E-state index in [1.807, 2.05) is 140 Å². The minimum Gasteiger partial charge on any atom is -0.471 e. The number of carbonyl (C=O) groups is 1. The number of aliphatic imine (C=N–C) groups is 1. The second-order valence-corrected chi connectivity index (χ2v) is 14.1. The van der Waals surface area contributed by atoms with Gasteiger partial charge >= 0.3 is 0 Å². The van der Waals surface area contributed by atoms with Crippen LogP contribution in [0.1, 0.15) is 33.1 Å². The highest BCUT2D eigenvalue weighted by molar-refractivity contribution is 6.15. The summed E-state index contributed by atoms with van der Waals surface area (Å²) >= 11 is 0. The SMILES string of the molecule is O=C1N=C(OCc2ccccc2)c2nc1c(-c1ccccc1)c1ccc([nH]1)c(-c1ccccc1)c1nc(c(-c3ccccc3)c3ccc([nH]3)c2-c2ccccc2)C=C1. The average Bonchev–Trinajstić information content (AvgIpc) is 4.07. The van der Waals surface area contributed by atoms with E-state index in [2.05, 4.69) is 58.5 Å². The van der Waals surface area contributed by atoms with Crippen LogP contribution in [0, 0.1) is 0 Å². The minimum atomic E-state index is -0.503. The molecule has 0 fully saturated rings. The number of hydrogen-bond donors (Lipinski definition) is 2. The number of aromatic amines is 2. The maximum absolute atomic E-state index is 14.5. The van der Waals surface area contributed by atoms with Crippen LogP contribution in [-0.2, 0) is 11.3 Å². The first-order chi connectivity index (χ1) is 28.7. The molecule has 0 saturated carbocycles. The number of aromatic nitrogens is 4. The average molecular weight is 750 g/mol. The molecule has 0 radical (unpaired) electrons. The Kier molecular flexibility index (Phi) is 8.93. The molecule has 0 atom stereocenters. The van der Waals surface area contributed by atoms with Gasteiger partial charge in [0, 0.05) is 44.3 Å². The van der Waals surface area contributed by atoms with Crippen molar-refractivity contribution in [2.45, 2.75) is 6.61 Å². The molecule has 2 aliphatic heterocycles. The highest BCUT2D eigenvalue weighted by Crippen LogP contribution is 2.37. The summed E-state index contributed by atoms with van der Waals surface area (Å²) in [6.45, 7) is 0.198. The van der Waals surface area contributed by atoms with E-state index >= 15 is 0 Å². The summed E-state index contributed by atoms with van der Waals surface area (Å²) in [5.74, 6) is -0.362. The van der Waals surface area contributed by atoms with Crippen LogP contribution >= 0.6 is 0 Å². The van der Waals surface area contributed by atoms with Gasteiger partial charge in [0.1, 0.15) is 18.0 Å². The minimum absolute atomic E-state index is 0.141. The number of amides is 1. The second kappa shape index (κ2) is 15.0. The second-order valence-electron chi connectivity index (χ2n) is 14.1. The van der Waals surface area contributed by atoms with Gasteiger partial charge in [-0.15, -0.1) is 0 Å². The molecule has 276 valence electrons. The Morgan fingerprint density at radius 2 is 0.793 bits per heavy atom. The van der Waals surface area contributed by atoms with Crippen molar-refractivity contribution in [2.24, 2.45) is 4.99 Å². The number of nitrogens with zero attached hydrogens (tertiary/aromatic N) is 3. The van der Waals surface area contributed by atoms with Crippen LogP contribution in [0.25, 0.3) is 78.7 Å². The van der Waals surface area contributed by atoms with Crippen LogP contribution in [0.5, 0.6) is 0 Å². The molecule has 3 aromatic heterocycles. The van der Waals surface area contributed by atoms with E-state index < -0.39 is 5.91 Å². The fourth-order valence-corrected chi connectivity index (χ4v) is 7.71. The zero-order valence-corrected chi connectivity index (χ0v) is 31.3. The molecule has 7 heteroatoms. The number of fused-ring (bicyclic) bond motifs is 8. The molecular weight excluding hydrogens is 715 g/mol. The van der Waals surface area contributed by atoms with E-state index in [0.717, 1.165) is 72.4 Å². The zero-order valence-electron chi connectivity index (χ0n) is 31.3. The number of rotatable bonds is 6. The topological polar surface area (TPSA) is 96.0 Å². The summed E-state index contributed by atoms with van der Waals surface area (Å²) < 4.78 is 6.49. The van der Waals surface area contributed by atoms with Crippen molar-refractivity contribution in [3.05, 3.63) is 204 Å². The molecule has 58 heavy (non-hydrogen) atoms. The standard InChI is InChI=1S/C51H35N5O2/c57-50-48-46(36-22-12-4-13-23-36)42-30-28-40(53-42)44(34-18-8-2-9-19-34)38-26-27-39(52-38)45(35-20-10-3-11-21-35)41-29-31-43(54-41)47(37-24-14-5-15-25-37)49(55-48)51(56-50)58-32-33-16-6-1-7-17-33/h1-31,53-54H,32H2. The Morgan fingerprint density at radius 3 is 1.24 bits per heavy atom. The van der Waals surface area contributed by atoms with Crippen LogP contribution < -0.4 is 0 Å². The molecule has 0 saturated heterocycles. The molecule has 1 amide bonds. The number of nitrogens with one attached hydrogen (secondary N) is 2. The van der Waals surface area contributed by atoms with Gasteiger partial charge in [-0.05, 0) is 64.2 Å². The quantitative estimate of drug-likeness (QED) is 0.177. The van der Waals surface area contributed by atoms with Crippen LogP contribution in [-0.4, -0.2) is 31.7 Å². The lowest BCUT2D eigenvalue weighted by Gasteiger charge is -2.17. The Bertz CT molecular complexity index is 3040. The number of ether oxygens (including phenoxy) is 1. The molecule has 2 aliphatic rings. The summed E-state index contributed by atoms with van der Waals surface area (Å²) in [6.07, 6.45) is 4.16. The van der Waals surface area contributed by atoms with Crippen LogP contribution in [0.4, 0.5) is 0 Å². The molecule has 0 spiro atoms. The van der Waals surface area contributed by atoms with Crippen LogP contribution in [0.3, 0.4) is 0 Å². The Morgan fingerprint density at radius 1 is 0.414 bits per heavy atom. The van der Waals surface area contributed by atoms with E-state index in [-0.39, 0.29) is 18.2 Å². The normalized spacial score (nSPS) is 12.3. The first kappa shape index (κ1) is 34.6. The third-order valence-corrected chi connectivity index (χ3v) is 10.4. The molecule has 5 aromatic carbocycles. The van der Waals surface area contributed by atoms with Crippen molar-refractivity contribution >= 4 is 46.0 Å². The maximum atomic E-state index is 14.5. The zero-order chi connectivity index (χ0) is 38.8. The van der Waals surface area contributed by atoms with Gasteiger partial charge < -0.3 is 14.7 Å². The van der Waals surface area contributed by atoms with Crippen molar-refractivity contribution < 1.29 is 9.53 Å². The lowest BCUT2D eigenvalue weighted by Crippen LogP contribution is -2.20. The summed E-state index contributed by atoms with van der Waals surface area (Å²) in [7, 11) is 0. The summed E-state index contributed by atoms with van der Waals surface area (Å²) in [6, 6.07) is 58.5. The molecule has 2 N–H and O–H groups in total. The van der Waals surface area contributed by atoms with Gasteiger partial charge in [0.25, 0.3) is 5.91 Å². The monoisotopic (exact) mass is 749 g/mol. The third kappa shape index (κ3) is 6.50. The number of hydrogen-bond acceptors (Lipinski definition) is 4. The molecule has 8 aromatic rings. The van der Waals surface area contributed by atoms with Gasteiger partial charge in [-0.2, -0.15) is 4.99 Å². The molecular formula is C51H35N5O2. The third-order valence-electron chi connectivity index (χ3n) is 10.4. The van der Waals surface area contributed by atoms with Crippen molar-refractivity contribution in [2.75, 3.05) is 0 Å². The first-order valence-electron chi connectivity index (χ1n) is 19.2. The number of carbonyl (C=O) groups excluding carboxylic acids is 1. The lowest BCUT2D eigenvalue weighted by atomic mass is 10.0. The van der Waals surface area contributed by atoms with E-state index in [9.17, 15) is 4.79 Å². The van der Waals surface area contributed by atoms with Crippen molar-refractivity contribution in [3.63, 3.8) is 0 Å². The Balaban J connectivity index is 1.39. The molecule has 0 aliphatic carbocycles.